The van der Waals surface area contributed by atoms with Gasteiger partial charge < -0.3 is 14.7 Å². The summed E-state index contributed by atoms with van der Waals surface area (Å²) in [6, 6.07) is 11.0. The Balaban J connectivity index is 2.16. The molecule has 164 valence electrons. The van der Waals surface area contributed by atoms with Gasteiger partial charge in [-0.3, -0.25) is 9.59 Å². The Labute approximate surface area is 182 Å². The number of hydrogen-bond acceptors (Lipinski definition) is 4. The molecule has 0 spiro atoms. The van der Waals surface area contributed by atoms with E-state index in [2.05, 4.69) is 20.8 Å². The van der Waals surface area contributed by atoms with Gasteiger partial charge in [-0.2, -0.15) is 0 Å². The van der Waals surface area contributed by atoms with Crippen LogP contribution in [0.3, 0.4) is 0 Å². The highest BCUT2D eigenvalue weighted by Gasteiger charge is 2.45. The number of hydrogen-bond donors (Lipinski definition) is 1. The van der Waals surface area contributed by atoms with Gasteiger partial charge in [0, 0.05) is 19.2 Å². The van der Waals surface area contributed by atoms with Gasteiger partial charge in [0.15, 0.2) is 0 Å². The number of aliphatic hydroxyl groups is 1. The molecule has 1 N–H and O–H groups in total. The summed E-state index contributed by atoms with van der Waals surface area (Å²) >= 11 is 0. The number of aliphatic hydroxyl groups excluding tert-OH is 1. The number of nitrogens with zero attached hydrogens (tertiary/aromatic N) is 1. The van der Waals surface area contributed by atoms with Crippen molar-refractivity contribution in [2.75, 3.05) is 20.3 Å². The molecule has 1 heterocycles. The van der Waals surface area contributed by atoms with Crippen LogP contribution in [0.1, 0.15) is 49.1 Å². The number of ether oxygens (including phenoxy) is 1. The van der Waals surface area contributed by atoms with Crippen molar-refractivity contribution in [3.8, 4) is 0 Å². The normalized spacial score (nSPS) is 18.6. The van der Waals surface area contributed by atoms with E-state index >= 15 is 0 Å². The second-order valence-corrected chi connectivity index (χ2v) is 8.82. The minimum atomic E-state index is -0.763. The molecule has 0 bridgehead atoms. The molecule has 2 aromatic carbocycles. The van der Waals surface area contributed by atoms with Crippen LogP contribution in [0.4, 0.5) is 4.39 Å². The molecule has 6 heteroatoms. The number of amides is 1. The van der Waals surface area contributed by atoms with E-state index < -0.39 is 23.5 Å². The van der Waals surface area contributed by atoms with Gasteiger partial charge in [-0.05, 0) is 47.2 Å². The topological polar surface area (TPSA) is 66.8 Å². The molecule has 1 aliphatic heterocycles. The molecule has 1 amide bonds. The fraction of sp³-hybridized carbons (Fsp3) is 0.360. The highest BCUT2D eigenvalue weighted by atomic mass is 19.1. The summed E-state index contributed by atoms with van der Waals surface area (Å²) < 4.78 is 18.8. The maximum atomic E-state index is 13.7. The summed E-state index contributed by atoms with van der Waals surface area (Å²) in [5.74, 6) is -2.18. The lowest BCUT2D eigenvalue weighted by atomic mass is 9.85. The molecule has 31 heavy (non-hydrogen) atoms. The molecule has 0 radical (unpaired) electrons. The van der Waals surface area contributed by atoms with Crippen LogP contribution >= 0.6 is 0 Å². The number of carbonyl (C=O) groups excluding carboxylic acids is 2. The van der Waals surface area contributed by atoms with Crippen molar-refractivity contribution >= 4 is 17.4 Å². The van der Waals surface area contributed by atoms with Crippen molar-refractivity contribution in [1.82, 2.24) is 4.90 Å². The summed E-state index contributed by atoms with van der Waals surface area (Å²) in [7, 11) is 1.52. The molecule has 1 aliphatic rings. The lowest BCUT2D eigenvalue weighted by molar-refractivity contribution is -0.140. The minimum Gasteiger partial charge on any atom is -0.507 e. The molecule has 0 aromatic heterocycles. The molecule has 3 rings (SSSR count). The molecular formula is C25H28FNO4. The number of Topliss-reactive ketones (excluding diaryl/α,β-unsaturated/α-hetero) is 1. The van der Waals surface area contributed by atoms with Gasteiger partial charge in [0.25, 0.3) is 11.7 Å². The second kappa shape index (κ2) is 8.63. The van der Waals surface area contributed by atoms with Crippen molar-refractivity contribution in [2.24, 2.45) is 0 Å². The molecule has 1 atom stereocenters. The van der Waals surface area contributed by atoms with Crippen LogP contribution in [-0.2, 0) is 19.7 Å². The van der Waals surface area contributed by atoms with Crippen molar-refractivity contribution in [2.45, 2.75) is 39.2 Å². The highest BCUT2D eigenvalue weighted by molar-refractivity contribution is 6.46. The summed E-state index contributed by atoms with van der Waals surface area (Å²) in [6.45, 7) is 8.33. The first-order valence-corrected chi connectivity index (χ1v) is 10.2. The van der Waals surface area contributed by atoms with Gasteiger partial charge in [-0.1, -0.05) is 45.0 Å². The smallest absolute Gasteiger partial charge is 0.295 e. The van der Waals surface area contributed by atoms with Gasteiger partial charge in [0.05, 0.1) is 18.2 Å². The standard InChI is InChI=1S/C25H28FNO4/c1-15-14-17(8-11-19(15)26)22(28)20-21(27(12-13-31-5)24(30)23(20)29)16-6-9-18(10-7-16)25(2,3)4/h6-11,14,21,28H,12-13H2,1-5H3/b22-20-. The maximum Gasteiger partial charge on any atom is 0.295 e. The average Bonchev–Trinajstić information content (AvgIpc) is 2.97. The quantitative estimate of drug-likeness (QED) is 0.435. The molecule has 0 saturated carbocycles. The van der Waals surface area contributed by atoms with E-state index in [9.17, 15) is 19.1 Å². The van der Waals surface area contributed by atoms with E-state index in [-0.39, 0.29) is 29.9 Å². The number of methoxy groups -OCH3 is 1. The van der Waals surface area contributed by atoms with Crippen molar-refractivity contribution in [3.63, 3.8) is 0 Å². The first-order valence-electron chi connectivity index (χ1n) is 10.2. The van der Waals surface area contributed by atoms with Crippen LogP contribution in [-0.4, -0.2) is 42.0 Å². The number of rotatable bonds is 5. The zero-order valence-electron chi connectivity index (χ0n) is 18.5. The van der Waals surface area contributed by atoms with E-state index in [1.165, 1.54) is 30.2 Å². The van der Waals surface area contributed by atoms with E-state index in [0.29, 0.717) is 16.7 Å². The van der Waals surface area contributed by atoms with Crippen LogP contribution < -0.4 is 0 Å². The fourth-order valence-corrected chi connectivity index (χ4v) is 3.76. The van der Waals surface area contributed by atoms with E-state index in [1.54, 1.807) is 6.92 Å². The Kier molecular flexibility index (Phi) is 6.32. The molecule has 5 nitrogen and oxygen atoms in total. The Bertz CT molecular complexity index is 1030. The van der Waals surface area contributed by atoms with Crippen LogP contribution in [0.5, 0.6) is 0 Å². The van der Waals surface area contributed by atoms with Crippen molar-refractivity contribution in [1.29, 1.82) is 0 Å². The predicted molar refractivity (Wildman–Crippen MR) is 117 cm³/mol. The third-order valence-corrected chi connectivity index (χ3v) is 5.60. The van der Waals surface area contributed by atoms with Crippen LogP contribution in [0.15, 0.2) is 48.0 Å². The maximum absolute atomic E-state index is 13.7. The lowest BCUT2D eigenvalue weighted by Crippen LogP contribution is -2.32. The summed E-state index contributed by atoms with van der Waals surface area (Å²) in [5.41, 5.74) is 2.39. The molecule has 1 fully saturated rings. The van der Waals surface area contributed by atoms with Crippen molar-refractivity contribution in [3.05, 3.63) is 76.1 Å². The largest absolute Gasteiger partial charge is 0.507 e. The van der Waals surface area contributed by atoms with Gasteiger partial charge in [-0.15, -0.1) is 0 Å². The Hall–Kier alpha value is -2.99. The van der Waals surface area contributed by atoms with E-state index in [1.807, 2.05) is 24.3 Å². The SMILES string of the molecule is COCCN1C(=O)C(=O)/C(=C(\O)c2ccc(F)c(C)c2)C1c1ccc(C(C)(C)C)cc1. The second-order valence-electron chi connectivity index (χ2n) is 8.82. The molecule has 2 aromatic rings. The van der Waals surface area contributed by atoms with Crippen LogP contribution in [0.25, 0.3) is 5.76 Å². The third-order valence-electron chi connectivity index (χ3n) is 5.60. The summed E-state index contributed by atoms with van der Waals surface area (Å²) in [4.78, 5) is 27.2. The summed E-state index contributed by atoms with van der Waals surface area (Å²) in [6.07, 6.45) is 0. The molecule has 0 aliphatic carbocycles. The Morgan fingerprint density at radius 1 is 1.13 bits per heavy atom. The fourth-order valence-electron chi connectivity index (χ4n) is 3.76. The number of carbonyl (C=O) groups is 2. The van der Waals surface area contributed by atoms with E-state index in [0.717, 1.165) is 5.56 Å². The third kappa shape index (κ3) is 4.39. The van der Waals surface area contributed by atoms with Gasteiger partial charge in [0.2, 0.25) is 0 Å². The lowest BCUT2D eigenvalue weighted by Gasteiger charge is -2.26. The van der Waals surface area contributed by atoms with Gasteiger partial charge >= 0.3 is 0 Å². The van der Waals surface area contributed by atoms with Crippen molar-refractivity contribution < 1.29 is 23.8 Å². The monoisotopic (exact) mass is 425 g/mol. The number of ketones is 1. The van der Waals surface area contributed by atoms with Crippen LogP contribution in [0, 0.1) is 12.7 Å². The molecular weight excluding hydrogens is 397 g/mol. The minimum absolute atomic E-state index is 0.00406. The van der Waals surface area contributed by atoms with Crippen LogP contribution in [0.2, 0.25) is 0 Å². The Morgan fingerprint density at radius 2 is 1.77 bits per heavy atom. The van der Waals surface area contributed by atoms with Gasteiger partial charge in [0.1, 0.15) is 11.6 Å². The first-order chi connectivity index (χ1) is 14.6. The number of aryl methyl sites for hydroxylation is 1. The average molecular weight is 426 g/mol. The zero-order valence-corrected chi connectivity index (χ0v) is 18.5. The predicted octanol–water partition coefficient (Wildman–Crippen LogP) is 4.50. The number of benzene rings is 2. The highest BCUT2D eigenvalue weighted by Crippen LogP contribution is 2.40. The number of halogens is 1. The van der Waals surface area contributed by atoms with Gasteiger partial charge in [-0.25, -0.2) is 4.39 Å². The van der Waals surface area contributed by atoms with E-state index in [4.69, 9.17) is 4.74 Å². The molecule has 1 unspecified atom stereocenters. The summed E-state index contributed by atoms with van der Waals surface area (Å²) in [5, 5.41) is 11.0. The Morgan fingerprint density at radius 3 is 2.32 bits per heavy atom. The molecule has 1 saturated heterocycles. The zero-order chi connectivity index (χ0) is 22.9. The number of likely N-dealkylation sites (tertiary alicyclic amines) is 1. The first kappa shape index (κ1) is 22.7.